The van der Waals surface area contributed by atoms with Crippen LogP contribution < -0.4 is 4.90 Å². The average molecular weight is 320 g/mol. The number of morpholine rings is 1. The van der Waals surface area contributed by atoms with E-state index < -0.39 is 0 Å². The van der Waals surface area contributed by atoms with Crippen molar-refractivity contribution in [3.63, 3.8) is 0 Å². The first-order valence-corrected chi connectivity index (χ1v) is 7.40. The minimum atomic E-state index is 0.210. The molecule has 0 aromatic carbocycles. The lowest BCUT2D eigenvalue weighted by Crippen LogP contribution is -2.36. The van der Waals surface area contributed by atoms with E-state index in [-0.39, 0.29) is 5.28 Å². The van der Waals surface area contributed by atoms with Crippen LogP contribution in [0.1, 0.15) is 5.69 Å². The molecule has 0 unspecified atom stereocenters. The van der Waals surface area contributed by atoms with Gasteiger partial charge in [0.15, 0.2) is 17.2 Å². The molecular formula is C14H14ClN5O2. The van der Waals surface area contributed by atoms with E-state index in [0.29, 0.717) is 35.9 Å². The van der Waals surface area contributed by atoms with Gasteiger partial charge in [-0.15, -0.1) is 0 Å². The van der Waals surface area contributed by atoms with Gasteiger partial charge in [-0.3, -0.25) is 5.10 Å². The van der Waals surface area contributed by atoms with Crippen molar-refractivity contribution in [2.24, 2.45) is 0 Å². The highest BCUT2D eigenvalue weighted by atomic mass is 35.5. The summed E-state index contributed by atoms with van der Waals surface area (Å²) in [4.78, 5) is 10.7. The maximum atomic E-state index is 6.06. The third-order valence-corrected chi connectivity index (χ3v) is 3.78. The van der Waals surface area contributed by atoms with E-state index in [1.165, 1.54) is 0 Å². The molecule has 0 bridgehead atoms. The van der Waals surface area contributed by atoms with Gasteiger partial charge in [-0.05, 0) is 24.6 Å². The Balaban J connectivity index is 1.84. The Morgan fingerprint density at radius 2 is 2.05 bits per heavy atom. The largest absolute Gasteiger partial charge is 0.449 e. The van der Waals surface area contributed by atoms with Crippen LogP contribution >= 0.6 is 11.6 Å². The quantitative estimate of drug-likeness (QED) is 0.731. The highest BCUT2D eigenvalue weighted by molar-refractivity contribution is 6.28. The van der Waals surface area contributed by atoms with Crippen molar-refractivity contribution >= 4 is 28.5 Å². The van der Waals surface area contributed by atoms with Gasteiger partial charge in [-0.1, -0.05) is 0 Å². The predicted molar refractivity (Wildman–Crippen MR) is 82.2 cm³/mol. The Kier molecular flexibility index (Phi) is 3.24. The van der Waals surface area contributed by atoms with Crippen molar-refractivity contribution in [1.82, 2.24) is 20.2 Å². The minimum Gasteiger partial charge on any atom is -0.449 e. The van der Waals surface area contributed by atoms with E-state index in [4.69, 9.17) is 20.8 Å². The lowest BCUT2D eigenvalue weighted by molar-refractivity contribution is 0.122. The van der Waals surface area contributed by atoms with Crippen LogP contribution in [0.4, 0.5) is 5.82 Å². The number of anilines is 1. The number of nitrogens with zero attached hydrogens (tertiary/aromatic N) is 4. The number of hydrogen-bond acceptors (Lipinski definition) is 6. The predicted octanol–water partition coefficient (Wildman–Crippen LogP) is 2.41. The summed E-state index contributed by atoms with van der Waals surface area (Å²) in [7, 11) is 0. The Morgan fingerprint density at radius 3 is 2.77 bits per heavy atom. The van der Waals surface area contributed by atoms with Crippen LogP contribution in [0.2, 0.25) is 5.28 Å². The first-order chi connectivity index (χ1) is 10.7. The van der Waals surface area contributed by atoms with E-state index in [9.17, 15) is 0 Å². The number of aryl methyl sites for hydroxylation is 1. The molecule has 114 valence electrons. The first kappa shape index (κ1) is 13.5. The Labute approximate surface area is 131 Å². The van der Waals surface area contributed by atoms with Gasteiger partial charge in [0.2, 0.25) is 5.28 Å². The molecule has 1 saturated heterocycles. The molecule has 1 aliphatic rings. The van der Waals surface area contributed by atoms with Gasteiger partial charge in [0, 0.05) is 19.2 Å². The van der Waals surface area contributed by atoms with Crippen LogP contribution in [0.15, 0.2) is 16.5 Å². The number of H-pyrrole nitrogens is 1. The molecule has 0 radical (unpaired) electrons. The van der Waals surface area contributed by atoms with Crippen LogP contribution in [0.5, 0.6) is 0 Å². The first-order valence-electron chi connectivity index (χ1n) is 7.03. The second-order valence-electron chi connectivity index (χ2n) is 5.16. The zero-order valence-corrected chi connectivity index (χ0v) is 12.7. The van der Waals surface area contributed by atoms with Crippen molar-refractivity contribution in [1.29, 1.82) is 0 Å². The molecule has 3 aromatic heterocycles. The molecule has 4 rings (SSSR count). The maximum absolute atomic E-state index is 6.06. The fourth-order valence-corrected chi connectivity index (χ4v) is 2.73. The summed E-state index contributed by atoms with van der Waals surface area (Å²) in [6.07, 6.45) is 0. The number of furan rings is 1. The molecule has 0 amide bonds. The van der Waals surface area contributed by atoms with E-state index in [0.717, 1.165) is 24.5 Å². The molecule has 0 saturated carbocycles. The molecule has 1 N–H and O–H groups in total. The monoisotopic (exact) mass is 319 g/mol. The van der Waals surface area contributed by atoms with Crippen LogP contribution in [0.3, 0.4) is 0 Å². The fourth-order valence-electron chi connectivity index (χ4n) is 2.56. The SMILES string of the molecule is Cc1cc(-c2cc3nc(Cl)nc(N4CCOCC4)c3o2)[nH]n1. The van der Waals surface area contributed by atoms with Crippen molar-refractivity contribution in [3.05, 3.63) is 23.1 Å². The van der Waals surface area contributed by atoms with E-state index >= 15 is 0 Å². The summed E-state index contributed by atoms with van der Waals surface area (Å²) in [6.45, 7) is 4.74. The standard InChI is InChI=1S/C14H14ClN5O2/c1-8-6-9(19-18-8)11-7-10-12(22-11)13(17-14(15)16-10)20-2-4-21-5-3-20/h6-7H,2-5H2,1H3,(H,18,19). The summed E-state index contributed by atoms with van der Waals surface area (Å²) in [5.74, 6) is 1.38. The number of nitrogens with one attached hydrogen (secondary N) is 1. The number of aromatic nitrogens is 4. The van der Waals surface area contributed by atoms with Gasteiger partial charge >= 0.3 is 0 Å². The molecule has 4 heterocycles. The second-order valence-corrected chi connectivity index (χ2v) is 5.50. The van der Waals surface area contributed by atoms with Crippen molar-refractivity contribution < 1.29 is 9.15 Å². The summed E-state index contributed by atoms with van der Waals surface area (Å²) < 4.78 is 11.3. The third kappa shape index (κ3) is 2.32. The van der Waals surface area contributed by atoms with Gasteiger partial charge in [-0.25, -0.2) is 4.98 Å². The molecule has 1 aliphatic heterocycles. The van der Waals surface area contributed by atoms with Crippen molar-refractivity contribution in [3.8, 4) is 11.5 Å². The molecule has 0 atom stereocenters. The molecule has 0 spiro atoms. The molecule has 0 aliphatic carbocycles. The molecule has 1 fully saturated rings. The summed E-state index contributed by atoms with van der Waals surface area (Å²) in [6, 6.07) is 3.76. The Hall–Kier alpha value is -2.12. The second kappa shape index (κ2) is 5.26. The number of rotatable bonds is 2. The molecule has 7 nitrogen and oxygen atoms in total. The van der Waals surface area contributed by atoms with Gasteiger partial charge < -0.3 is 14.1 Å². The number of aromatic amines is 1. The number of hydrogen-bond donors (Lipinski definition) is 1. The van der Waals surface area contributed by atoms with Crippen molar-refractivity contribution in [2.75, 3.05) is 31.2 Å². The zero-order chi connectivity index (χ0) is 15.1. The smallest absolute Gasteiger partial charge is 0.225 e. The lowest BCUT2D eigenvalue weighted by Gasteiger charge is -2.27. The molecule has 8 heteroatoms. The molecule has 22 heavy (non-hydrogen) atoms. The van der Waals surface area contributed by atoms with E-state index in [1.807, 2.05) is 19.1 Å². The zero-order valence-electron chi connectivity index (χ0n) is 12.0. The highest BCUT2D eigenvalue weighted by Crippen LogP contribution is 2.32. The van der Waals surface area contributed by atoms with Crippen LogP contribution in [0, 0.1) is 6.92 Å². The van der Waals surface area contributed by atoms with Gasteiger partial charge in [0.05, 0.1) is 18.9 Å². The minimum absolute atomic E-state index is 0.210. The topological polar surface area (TPSA) is 80.1 Å². The lowest BCUT2D eigenvalue weighted by atomic mass is 10.3. The third-order valence-electron chi connectivity index (χ3n) is 3.61. The summed E-state index contributed by atoms with van der Waals surface area (Å²) in [5, 5.41) is 7.27. The van der Waals surface area contributed by atoms with Gasteiger partial charge in [0.25, 0.3) is 0 Å². The number of fused-ring (bicyclic) bond motifs is 1. The molecule has 3 aromatic rings. The van der Waals surface area contributed by atoms with Gasteiger partial charge in [0.1, 0.15) is 11.2 Å². The van der Waals surface area contributed by atoms with Crippen LogP contribution in [-0.4, -0.2) is 46.5 Å². The number of halogens is 1. The highest BCUT2D eigenvalue weighted by Gasteiger charge is 2.21. The summed E-state index contributed by atoms with van der Waals surface area (Å²) >= 11 is 6.06. The average Bonchev–Trinajstić information content (AvgIpc) is 3.13. The van der Waals surface area contributed by atoms with Crippen LogP contribution in [0.25, 0.3) is 22.6 Å². The fraction of sp³-hybridized carbons (Fsp3) is 0.357. The van der Waals surface area contributed by atoms with Crippen LogP contribution in [-0.2, 0) is 4.74 Å². The van der Waals surface area contributed by atoms with Gasteiger partial charge in [-0.2, -0.15) is 10.1 Å². The van der Waals surface area contributed by atoms with E-state index in [1.54, 1.807) is 0 Å². The van der Waals surface area contributed by atoms with Crippen molar-refractivity contribution in [2.45, 2.75) is 6.92 Å². The summed E-state index contributed by atoms with van der Waals surface area (Å²) in [5.41, 5.74) is 3.02. The molecular weight excluding hydrogens is 306 g/mol. The normalized spacial score (nSPS) is 15.6. The van der Waals surface area contributed by atoms with E-state index in [2.05, 4.69) is 25.1 Å². The maximum Gasteiger partial charge on any atom is 0.225 e. The number of ether oxygens (including phenoxy) is 1. The Morgan fingerprint density at radius 1 is 1.23 bits per heavy atom. The Bertz CT molecular complexity index is 822.